The van der Waals surface area contributed by atoms with Crippen molar-refractivity contribution in [2.24, 2.45) is 7.05 Å². The predicted octanol–water partition coefficient (Wildman–Crippen LogP) is 0.713. The average molecular weight is 257 g/mol. The van der Waals surface area contributed by atoms with Gasteiger partial charge in [0, 0.05) is 24.8 Å². The summed E-state index contributed by atoms with van der Waals surface area (Å²) in [5.74, 6) is 0.647. The van der Waals surface area contributed by atoms with Gasteiger partial charge in [-0.05, 0) is 30.2 Å². The summed E-state index contributed by atoms with van der Waals surface area (Å²) in [5, 5.41) is 13.8. The Morgan fingerprint density at radius 3 is 3.21 bits per heavy atom. The fourth-order valence-corrected chi connectivity index (χ4v) is 2.17. The van der Waals surface area contributed by atoms with E-state index < -0.39 is 0 Å². The number of amides is 1. The van der Waals surface area contributed by atoms with Gasteiger partial charge in [0.05, 0.1) is 6.54 Å². The van der Waals surface area contributed by atoms with Crippen LogP contribution in [0.15, 0.2) is 24.5 Å². The van der Waals surface area contributed by atoms with Crippen molar-refractivity contribution in [2.75, 3.05) is 11.9 Å². The molecule has 0 saturated carbocycles. The summed E-state index contributed by atoms with van der Waals surface area (Å²) in [4.78, 5) is 12.1. The lowest BCUT2D eigenvalue weighted by Crippen LogP contribution is -2.24. The second-order valence-corrected chi connectivity index (χ2v) is 4.59. The first kappa shape index (κ1) is 11.7. The average Bonchev–Trinajstić information content (AvgIpc) is 3.03. The number of nitrogens with one attached hydrogen (secondary N) is 2. The topological polar surface area (TPSA) is 71.8 Å². The van der Waals surface area contributed by atoms with Crippen molar-refractivity contribution < 1.29 is 4.79 Å². The number of carbonyl (C=O) groups excluding carboxylic acids is 1. The minimum atomic E-state index is -0.0855. The maximum Gasteiger partial charge on any atom is 0.251 e. The Bertz CT molecular complexity index is 619. The van der Waals surface area contributed by atoms with Crippen LogP contribution in [-0.2, 0) is 20.0 Å². The number of aryl methyl sites for hydroxylation is 1. The lowest BCUT2D eigenvalue weighted by molar-refractivity contribution is 0.0949. The van der Waals surface area contributed by atoms with Gasteiger partial charge in [-0.15, -0.1) is 10.2 Å². The number of benzene rings is 1. The Morgan fingerprint density at radius 2 is 2.42 bits per heavy atom. The third kappa shape index (κ3) is 2.29. The second kappa shape index (κ2) is 4.72. The highest BCUT2D eigenvalue weighted by Gasteiger charge is 2.13. The summed E-state index contributed by atoms with van der Waals surface area (Å²) in [6.45, 7) is 1.32. The molecular formula is C13H15N5O. The van der Waals surface area contributed by atoms with Crippen LogP contribution in [0.4, 0.5) is 5.69 Å². The molecule has 1 aromatic heterocycles. The van der Waals surface area contributed by atoms with Crippen LogP contribution >= 0.6 is 0 Å². The first-order valence-corrected chi connectivity index (χ1v) is 6.22. The number of fused-ring (bicyclic) bond motifs is 1. The second-order valence-electron chi connectivity index (χ2n) is 4.59. The third-order valence-electron chi connectivity index (χ3n) is 3.29. The van der Waals surface area contributed by atoms with Crippen LogP contribution in [0, 0.1) is 0 Å². The molecule has 0 bridgehead atoms. The molecule has 0 aliphatic carbocycles. The van der Waals surface area contributed by atoms with Crippen LogP contribution in [0.3, 0.4) is 0 Å². The molecule has 2 heterocycles. The number of carbonyl (C=O) groups is 1. The van der Waals surface area contributed by atoms with Crippen molar-refractivity contribution >= 4 is 11.6 Å². The Morgan fingerprint density at radius 1 is 1.53 bits per heavy atom. The molecule has 0 unspecified atom stereocenters. The van der Waals surface area contributed by atoms with Crippen LogP contribution in [-0.4, -0.2) is 27.2 Å². The van der Waals surface area contributed by atoms with Crippen LogP contribution in [0.25, 0.3) is 0 Å². The number of nitrogens with zero attached hydrogens (tertiary/aromatic N) is 3. The van der Waals surface area contributed by atoms with E-state index in [2.05, 4.69) is 20.8 Å². The summed E-state index contributed by atoms with van der Waals surface area (Å²) in [7, 11) is 1.85. The minimum absolute atomic E-state index is 0.0855. The summed E-state index contributed by atoms with van der Waals surface area (Å²) in [6.07, 6.45) is 2.59. The predicted molar refractivity (Wildman–Crippen MR) is 70.8 cm³/mol. The molecule has 0 atom stereocenters. The first-order valence-electron chi connectivity index (χ1n) is 6.22. The monoisotopic (exact) mass is 257 g/mol. The molecule has 2 aromatic rings. The molecule has 1 amide bonds. The molecule has 1 aromatic carbocycles. The normalized spacial score (nSPS) is 12.9. The summed E-state index contributed by atoms with van der Waals surface area (Å²) < 4.78 is 1.78. The molecule has 19 heavy (non-hydrogen) atoms. The zero-order valence-corrected chi connectivity index (χ0v) is 10.7. The van der Waals surface area contributed by atoms with E-state index >= 15 is 0 Å². The van der Waals surface area contributed by atoms with E-state index in [1.54, 1.807) is 10.9 Å². The molecule has 6 nitrogen and oxygen atoms in total. The fraction of sp³-hybridized carbons (Fsp3) is 0.308. The molecule has 0 saturated heterocycles. The minimum Gasteiger partial charge on any atom is -0.384 e. The van der Waals surface area contributed by atoms with Crippen molar-refractivity contribution in [1.82, 2.24) is 20.1 Å². The molecule has 2 N–H and O–H groups in total. The van der Waals surface area contributed by atoms with Gasteiger partial charge in [0.15, 0.2) is 5.82 Å². The SMILES string of the molecule is Cn1cnnc1CNC(=O)c1ccc2c(c1)CCN2. The van der Waals surface area contributed by atoms with Gasteiger partial charge in [-0.1, -0.05) is 0 Å². The molecule has 1 aliphatic rings. The van der Waals surface area contributed by atoms with Crippen molar-refractivity contribution in [1.29, 1.82) is 0 Å². The first-order chi connectivity index (χ1) is 9.24. The summed E-state index contributed by atoms with van der Waals surface area (Å²) >= 11 is 0. The molecule has 6 heteroatoms. The lowest BCUT2D eigenvalue weighted by Gasteiger charge is -2.06. The molecule has 0 fully saturated rings. The zero-order valence-electron chi connectivity index (χ0n) is 10.7. The van der Waals surface area contributed by atoms with Gasteiger partial charge >= 0.3 is 0 Å². The highest BCUT2D eigenvalue weighted by atomic mass is 16.1. The van der Waals surface area contributed by atoms with E-state index in [1.165, 1.54) is 5.56 Å². The Balaban J connectivity index is 1.69. The summed E-state index contributed by atoms with van der Waals surface area (Å²) in [5.41, 5.74) is 3.01. The van der Waals surface area contributed by atoms with E-state index in [-0.39, 0.29) is 5.91 Å². The highest BCUT2D eigenvalue weighted by molar-refractivity contribution is 5.95. The van der Waals surface area contributed by atoms with Gasteiger partial charge < -0.3 is 15.2 Å². The highest BCUT2D eigenvalue weighted by Crippen LogP contribution is 2.22. The van der Waals surface area contributed by atoms with Crippen molar-refractivity contribution in [2.45, 2.75) is 13.0 Å². The summed E-state index contributed by atoms with van der Waals surface area (Å²) in [6, 6.07) is 5.74. The Hall–Kier alpha value is -2.37. The Labute approximate surface area is 110 Å². The lowest BCUT2D eigenvalue weighted by atomic mass is 10.1. The smallest absolute Gasteiger partial charge is 0.251 e. The number of rotatable bonds is 3. The maximum atomic E-state index is 12.1. The maximum absolute atomic E-state index is 12.1. The molecular weight excluding hydrogens is 242 g/mol. The Kier molecular flexibility index (Phi) is 2.91. The van der Waals surface area contributed by atoms with E-state index in [9.17, 15) is 4.79 Å². The van der Waals surface area contributed by atoms with Crippen LogP contribution in [0.5, 0.6) is 0 Å². The molecule has 0 radical (unpaired) electrons. The number of aromatic nitrogens is 3. The van der Waals surface area contributed by atoms with Gasteiger partial charge in [-0.3, -0.25) is 4.79 Å². The molecule has 0 spiro atoms. The van der Waals surface area contributed by atoms with Gasteiger partial charge in [0.1, 0.15) is 6.33 Å². The van der Waals surface area contributed by atoms with E-state index in [0.717, 1.165) is 24.5 Å². The van der Waals surface area contributed by atoms with Crippen LogP contribution in [0.1, 0.15) is 21.7 Å². The molecule has 1 aliphatic heterocycles. The third-order valence-corrected chi connectivity index (χ3v) is 3.29. The van der Waals surface area contributed by atoms with Crippen molar-refractivity contribution in [3.05, 3.63) is 41.5 Å². The van der Waals surface area contributed by atoms with Crippen LogP contribution in [0.2, 0.25) is 0 Å². The fourth-order valence-electron chi connectivity index (χ4n) is 2.17. The van der Waals surface area contributed by atoms with E-state index in [4.69, 9.17) is 0 Å². The molecule has 98 valence electrons. The van der Waals surface area contributed by atoms with E-state index in [1.807, 2.05) is 25.2 Å². The number of anilines is 1. The van der Waals surface area contributed by atoms with E-state index in [0.29, 0.717) is 12.1 Å². The number of hydrogen-bond acceptors (Lipinski definition) is 4. The van der Waals surface area contributed by atoms with Crippen molar-refractivity contribution in [3.63, 3.8) is 0 Å². The van der Waals surface area contributed by atoms with Crippen LogP contribution < -0.4 is 10.6 Å². The largest absolute Gasteiger partial charge is 0.384 e. The van der Waals surface area contributed by atoms with Gasteiger partial charge in [-0.2, -0.15) is 0 Å². The van der Waals surface area contributed by atoms with Crippen molar-refractivity contribution in [3.8, 4) is 0 Å². The molecule has 3 rings (SSSR count). The zero-order chi connectivity index (χ0) is 13.2. The standard InChI is InChI=1S/C13H15N5O/c1-18-8-16-17-12(18)7-15-13(19)10-2-3-11-9(6-10)4-5-14-11/h2-3,6,8,14H,4-5,7H2,1H3,(H,15,19). The van der Waals surface area contributed by atoms with Gasteiger partial charge in [0.2, 0.25) is 0 Å². The van der Waals surface area contributed by atoms with Gasteiger partial charge in [-0.25, -0.2) is 0 Å². The number of hydrogen-bond donors (Lipinski definition) is 2. The van der Waals surface area contributed by atoms with Gasteiger partial charge in [0.25, 0.3) is 5.91 Å². The quantitative estimate of drug-likeness (QED) is 0.849.